The highest BCUT2D eigenvalue weighted by atomic mass is 32.1. The van der Waals surface area contributed by atoms with Gasteiger partial charge in [-0.25, -0.2) is 9.59 Å². The van der Waals surface area contributed by atoms with Crippen molar-refractivity contribution < 1.29 is 14.3 Å². The summed E-state index contributed by atoms with van der Waals surface area (Å²) in [7, 11) is 1.57. The van der Waals surface area contributed by atoms with Crippen molar-refractivity contribution in [2.75, 3.05) is 20.3 Å². The van der Waals surface area contributed by atoms with Gasteiger partial charge in [0.15, 0.2) is 0 Å². The fourth-order valence-corrected chi connectivity index (χ4v) is 4.45. The highest BCUT2D eigenvalue weighted by Crippen LogP contribution is 2.33. The molecule has 0 amide bonds. The Hall–Kier alpha value is -1.93. The van der Waals surface area contributed by atoms with Gasteiger partial charge in [0.25, 0.3) is 5.56 Å². The van der Waals surface area contributed by atoms with Crippen LogP contribution in [0.4, 0.5) is 0 Å². The van der Waals surface area contributed by atoms with E-state index >= 15 is 0 Å². The van der Waals surface area contributed by atoms with Gasteiger partial charge in [0.1, 0.15) is 9.71 Å². The summed E-state index contributed by atoms with van der Waals surface area (Å²) < 4.78 is 13.4. The van der Waals surface area contributed by atoms with E-state index in [0.717, 1.165) is 25.7 Å². The number of hydrogen-bond acceptors (Lipinski definition) is 6. The molecule has 0 bridgehead atoms. The highest BCUT2D eigenvalue weighted by Gasteiger charge is 2.29. The first-order valence-electron chi connectivity index (χ1n) is 9.44. The molecule has 0 aromatic carbocycles. The lowest BCUT2D eigenvalue weighted by atomic mass is 10.2. The number of rotatable bonds is 8. The van der Waals surface area contributed by atoms with Crippen LogP contribution in [0.25, 0.3) is 10.2 Å². The molecule has 8 heteroatoms. The third-order valence-electron chi connectivity index (χ3n) is 5.28. The van der Waals surface area contributed by atoms with E-state index in [1.807, 2.05) is 0 Å². The van der Waals surface area contributed by atoms with E-state index in [-0.39, 0.29) is 11.2 Å². The van der Waals surface area contributed by atoms with Gasteiger partial charge in [0, 0.05) is 13.7 Å². The zero-order valence-corrected chi connectivity index (χ0v) is 16.5. The van der Waals surface area contributed by atoms with E-state index < -0.39 is 5.97 Å². The number of nitrogens with zero attached hydrogens (tertiary/aromatic N) is 2. The average Bonchev–Trinajstić information content (AvgIpc) is 3.56. The summed E-state index contributed by atoms with van der Waals surface area (Å²) in [6.45, 7) is 3.33. The predicted octanol–water partition coefficient (Wildman–Crippen LogP) is 2.16. The molecule has 2 aliphatic carbocycles. The Balaban J connectivity index is 1.81. The van der Waals surface area contributed by atoms with Crippen LogP contribution in [-0.4, -0.2) is 35.4 Å². The van der Waals surface area contributed by atoms with Crippen LogP contribution < -0.4 is 11.2 Å². The van der Waals surface area contributed by atoms with Crippen molar-refractivity contribution in [3.05, 3.63) is 31.3 Å². The molecule has 0 saturated heterocycles. The van der Waals surface area contributed by atoms with Crippen LogP contribution in [-0.2, 0) is 22.6 Å². The van der Waals surface area contributed by atoms with Crippen molar-refractivity contribution in [1.29, 1.82) is 0 Å². The second-order valence-corrected chi connectivity index (χ2v) is 8.56. The molecular weight excluding hydrogens is 368 g/mol. The maximum absolute atomic E-state index is 13.0. The Morgan fingerprint density at radius 2 is 1.85 bits per heavy atom. The first kappa shape index (κ1) is 18.4. The Morgan fingerprint density at radius 3 is 2.48 bits per heavy atom. The van der Waals surface area contributed by atoms with Crippen molar-refractivity contribution in [2.45, 2.75) is 45.7 Å². The van der Waals surface area contributed by atoms with Crippen LogP contribution in [0.5, 0.6) is 0 Å². The largest absolute Gasteiger partial charge is 0.461 e. The van der Waals surface area contributed by atoms with Gasteiger partial charge in [-0.3, -0.25) is 13.9 Å². The van der Waals surface area contributed by atoms with Crippen LogP contribution in [0.2, 0.25) is 0 Å². The first-order valence-corrected chi connectivity index (χ1v) is 10.3. The number of hydrogen-bond donors (Lipinski definition) is 0. The number of aryl methyl sites for hydroxylation is 1. The van der Waals surface area contributed by atoms with E-state index in [0.29, 0.717) is 58.8 Å². The number of fused-ring (bicyclic) bond motifs is 1. The van der Waals surface area contributed by atoms with E-state index in [9.17, 15) is 14.4 Å². The summed E-state index contributed by atoms with van der Waals surface area (Å²) in [4.78, 5) is 39.5. The van der Waals surface area contributed by atoms with Gasteiger partial charge in [-0.2, -0.15) is 0 Å². The van der Waals surface area contributed by atoms with Gasteiger partial charge in [0.05, 0.1) is 25.1 Å². The summed E-state index contributed by atoms with van der Waals surface area (Å²) in [5, 5.41) is 0.453. The molecule has 0 unspecified atom stereocenters. The number of esters is 1. The quantitative estimate of drug-likeness (QED) is 0.643. The van der Waals surface area contributed by atoms with Crippen LogP contribution in [0.1, 0.15) is 40.9 Å². The van der Waals surface area contributed by atoms with Crippen LogP contribution in [0.3, 0.4) is 0 Å². The molecule has 0 atom stereocenters. The number of carbonyl (C=O) groups excluding carboxylic acids is 1. The normalized spacial score (nSPS) is 16.8. The van der Waals surface area contributed by atoms with Crippen molar-refractivity contribution in [3.8, 4) is 0 Å². The molecule has 0 spiro atoms. The first-order chi connectivity index (χ1) is 13.0. The minimum Gasteiger partial charge on any atom is -0.461 e. The van der Waals surface area contributed by atoms with Crippen molar-refractivity contribution >= 4 is 27.5 Å². The van der Waals surface area contributed by atoms with Gasteiger partial charge in [-0.05, 0) is 50.0 Å². The van der Waals surface area contributed by atoms with Gasteiger partial charge in [0.2, 0.25) is 0 Å². The second kappa shape index (κ2) is 7.24. The average molecular weight is 392 g/mol. The monoisotopic (exact) mass is 392 g/mol. The lowest BCUT2D eigenvalue weighted by Gasteiger charge is -2.11. The Kier molecular flexibility index (Phi) is 4.94. The van der Waals surface area contributed by atoms with Gasteiger partial charge < -0.3 is 9.47 Å². The van der Waals surface area contributed by atoms with Gasteiger partial charge in [-0.15, -0.1) is 11.3 Å². The SMILES string of the molecule is COCCn1c(=O)n(CC2CC2)c(=O)c2c(C)c(C(=O)OCC3CC3)sc21. The molecule has 27 heavy (non-hydrogen) atoms. The molecule has 0 radical (unpaired) electrons. The summed E-state index contributed by atoms with van der Waals surface area (Å²) in [6.07, 6.45) is 4.29. The zero-order valence-electron chi connectivity index (χ0n) is 15.7. The second-order valence-electron chi connectivity index (χ2n) is 7.56. The minimum atomic E-state index is -0.403. The van der Waals surface area contributed by atoms with E-state index in [2.05, 4.69) is 0 Å². The van der Waals surface area contributed by atoms with E-state index in [1.165, 1.54) is 15.9 Å². The predicted molar refractivity (Wildman–Crippen MR) is 103 cm³/mol. The third kappa shape index (κ3) is 3.60. The molecule has 2 heterocycles. The molecule has 4 rings (SSSR count). The molecule has 2 aliphatic rings. The van der Waals surface area contributed by atoms with Gasteiger partial charge >= 0.3 is 11.7 Å². The molecule has 0 aliphatic heterocycles. The van der Waals surface area contributed by atoms with Crippen molar-refractivity contribution in [3.63, 3.8) is 0 Å². The Labute approximate surface area is 160 Å². The third-order valence-corrected chi connectivity index (χ3v) is 6.58. The van der Waals surface area contributed by atoms with E-state index in [1.54, 1.807) is 18.6 Å². The molecule has 2 saturated carbocycles. The fourth-order valence-electron chi connectivity index (χ4n) is 3.23. The molecule has 0 N–H and O–H groups in total. The summed E-state index contributed by atoms with van der Waals surface area (Å²) in [5.74, 6) is 0.462. The zero-order chi connectivity index (χ0) is 19.1. The molecule has 2 aromatic rings. The maximum Gasteiger partial charge on any atom is 0.348 e. The minimum absolute atomic E-state index is 0.300. The lowest BCUT2D eigenvalue weighted by Crippen LogP contribution is -2.40. The fraction of sp³-hybridized carbons (Fsp3) is 0.632. The van der Waals surface area contributed by atoms with Crippen LogP contribution >= 0.6 is 11.3 Å². The maximum atomic E-state index is 13.0. The van der Waals surface area contributed by atoms with Crippen LogP contribution in [0, 0.1) is 18.8 Å². The smallest absolute Gasteiger partial charge is 0.348 e. The summed E-state index contributed by atoms with van der Waals surface area (Å²) in [5.41, 5.74) is -0.0160. The van der Waals surface area contributed by atoms with Crippen molar-refractivity contribution in [2.24, 2.45) is 11.8 Å². The molecular formula is C19H24N2O5S. The molecule has 7 nitrogen and oxygen atoms in total. The van der Waals surface area contributed by atoms with E-state index in [4.69, 9.17) is 9.47 Å². The number of methoxy groups -OCH3 is 1. The number of ether oxygens (including phenoxy) is 2. The number of aromatic nitrogens is 2. The van der Waals surface area contributed by atoms with Crippen molar-refractivity contribution in [1.82, 2.24) is 9.13 Å². The highest BCUT2D eigenvalue weighted by molar-refractivity contribution is 7.20. The molecule has 2 aromatic heterocycles. The Morgan fingerprint density at radius 1 is 1.15 bits per heavy atom. The number of thiophene rings is 1. The standard InChI is InChI=1S/C19H24N2O5S/c1-11-14-16(22)21(9-12-3-4-12)19(24)20(7-8-25-2)17(14)27-15(11)18(23)26-10-13-5-6-13/h12-13H,3-10H2,1-2H3. The molecule has 2 fully saturated rings. The molecule has 146 valence electrons. The number of carbonyl (C=O) groups is 1. The lowest BCUT2D eigenvalue weighted by molar-refractivity contribution is 0.0491. The summed E-state index contributed by atoms with van der Waals surface area (Å²) in [6, 6.07) is 0. The summed E-state index contributed by atoms with van der Waals surface area (Å²) >= 11 is 1.17. The Bertz CT molecular complexity index is 994. The topological polar surface area (TPSA) is 79.5 Å². The van der Waals surface area contributed by atoms with Crippen LogP contribution in [0.15, 0.2) is 9.59 Å². The van der Waals surface area contributed by atoms with Gasteiger partial charge in [-0.1, -0.05) is 0 Å².